The second-order valence-corrected chi connectivity index (χ2v) is 10.8. The predicted molar refractivity (Wildman–Crippen MR) is 132 cm³/mol. The summed E-state index contributed by atoms with van der Waals surface area (Å²) in [6.45, 7) is 4.24. The summed E-state index contributed by atoms with van der Waals surface area (Å²) in [5.41, 5.74) is -1.19. The van der Waals surface area contributed by atoms with Crippen molar-refractivity contribution >= 4 is 11.9 Å². The fraction of sp³-hybridized carbons (Fsp3) is 0.593. The van der Waals surface area contributed by atoms with Crippen LogP contribution in [-0.2, 0) is 11.2 Å². The lowest BCUT2D eigenvalue weighted by Crippen LogP contribution is -2.62. The Morgan fingerprint density at radius 3 is 2.38 bits per heavy atom. The van der Waals surface area contributed by atoms with Crippen LogP contribution in [0.1, 0.15) is 38.2 Å². The molecule has 1 N–H and O–H groups in total. The quantitative estimate of drug-likeness (QED) is 0.548. The number of anilines is 1. The molecule has 0 radical (unpaired) electrons. The molecule has 1 aliphatic carbocycles. The van der Waals surface area contributed by atoms with Gasteiger partial charge in [-0.05, 0) is 50.4 Å². The lowest BCUT2D eigenvalue weighted by atomic mass is 9.90. The van der Waals surface area contributed by atoms with Gasteiger partial charge in [0.1, 0.15) is 17.4 Å². The number of carbonyl (C=O) groups excluding carboxylic acids is 1. The third-order valence-corrected chi connectivity index (χ3v) is 7.87. The molecule has 3 fully saturated rings. The number of aromatic nitrogens is 2. The minimum atomic E-state index is -0.922. The van der Waals surface area contributed by atoms with E-state index in [1.54, 1.807) is 26.4 Å². The molecular formula is C27H34F2N4O4. The zero-order valence-corrected chi connectivity index (χ0v) is 21.3. The van der Waals surface area contributed by atoms with Crippen LogP contribution >= 0.6 is 0 Å². The number of nitrogens with zero attached hydrogens (tertiary/aromatic N) is 4. The molecular weight excluding hydrogens is 482 g/mol. The lowest BCUT2D eigenvalue weighted by Gasteiger charge is -2.44. The third-order valence-electron chi connectivity index (χ3n) is 7.87. The largest absolute Gasteiger partial charge is 0.494 e. The zero-order valence-electron chi connectivity index (χ0n) is 21.3. The van der Waals surface area contributed by atoms with Crippen LogP contribution in [0.3, 0.4) is 0 Å². The standard InChI is InChI=1S/C27H34F2N4O4/c1-27(35)15-33(16-27)25(34)12-22-23(28)10-19(11-24(22)29)37-8-5-18-9-21(18)17-3-6-32(7-4-17)26-30-13-20(36-2)14-31-26/h10-11,13-14,17-18,21,35H,3-9,12,15-16H2,1-2H3/t18-,21-/m1/s1. The van der Waals surface area contributed by atoms with Crippen LogP contribution < -0.4 is 14.4 Å². The molecule has 37 heavy (non-hydrogen) atoms. The first-order valence-corrected chi connectivity index (χ1v) is 12.9. The van der Waals surface area contributed by atoms with E-state index < -0.39 is 23.1 Å². The Morgan fingerprint density at radius 2 is 1.78 bits per heavy atom. The van der Waals surface area contributed by atoms with E-state index in [1.807, 2.05) is 0 Å². The van der Waals surface area contributed by atoms with Crippen LogP contribution in [0.15, 0.2) is 24.5 Å². The Labute approximate surface area is 215 Å². The van der Waals surface area contributed by atoms with Gasteiger partial charge < -0.3 is 24.4 Å². The SMILES string of the molecule is COc1cnc(N2CCC([C@H]3C[C@H]3CCOc3cc(F)c(CC(=O)N4CC(C)(O)C4)c(F)c3)CC2)nc1. The molecule has 3 heterocycles. The number of halogens is 2. The third kappa shape index (κ3) is 5.95. The van der Waals surface area contributed by atoms with Crippen LogP contribution in [-0.4, -0.2) is 71.4 Å². The highest BCUT2D eigenvalue weighted by Crippen LogP contribution is 2.50. The normalized spacial score (nSPS) is 22.9. The van der Waals surface area contributed by atoms with E-state index in [0.717, 1.165) is 50.4 Å². The summed E-state index contributed by atoms with van der Waals surface area (Å²) in [5, 5.41) is 9.76. The first kappa shape index (κ1) is 25.6. The van der Waals surface area contributed by atoms with Crippen molar-refractivity contribution in [3.05, 3.63) is 41.7 Å². The topological polar surface area (TPSA) is 88.0 Å². The van der Waals surface area contributed by atoms with Gasteiger partial charge in [-0.25, -0.2) is 18.7 Å². The van der Waals surface area contributed by atoms with Crippen molar-refractivity contribution < 1.29 is 28.2 Å². The number of hydrogen-bond acceptors (Lipinski definition) is 7. The van der Waals surface area contributed by atoms with E-state index in [2.05, 4.69) is 14.9 Å². The molecule has 1 aromatic carbocycles. The Balaban J connectivity index is 1.04. The summed E-state index contributed by atoms with van der Waals surface area (Å²) in [7, 11) is 1.60. The number of carbonyl (C=O) groups is 1. The molecule has 2 aliphatic heterocycles. The molecule has 1 amide bonds. The number of ether oxygens (including phenoxy) is 2. The van der Waals surface area contributed by atoms with E-state index in [-0.39, 0.29) is 30.8 Å². The highest BCUT2D eigenvalue weighted by molar-refractivity contribution is 5.80. The number of piperidine rings is 1. The maximum atomic E-state index is 14.5. The van der Waals surface area contributed by atoms with Gasteiger partial charge in [0.05, 0.1) is 51.2 Å². The van der Waals surface area contributed by atoms with Crippen molar-refractivity contribution in [2.75, 3.05) is 44.8 Å². The van der Waals surface area contributed by atoms with E-state index in [9.17, 15) is 18.7 Å². The monoisotopic (exact) mass is 516 g/mol. The van der Waals surface area contributed by atoms with E-state index in [1.165, 1.54) is 11.3 Å². The van der Waals surface area contributed by atoms with Gasteiger partial charge in [-0.15, -0.1) is 0 Å². The number of hydrogen-bond donors (Lipinski definition) is 1. The Bertz CT molecular complexity index is 1090. The number of β-amino-alcohol motifs (C(OH)–C–C–N with tert-alkyl or cyclic N) is 1. The van der Waals surface area contributed by atoms with Gasteiger partial charge in [0.2, 0.25) is 11.9 Å². The minimum absolute atomic E-state index is 0.142. The molecule has 1 aromatic heterocycles. The maximum Gasteiger partial charge on any atom is 0.227 e. The summed E-state index contributed by atoms with van der Waals surface area (Å²) < 4.78 is 39.9. The Morgan fingerprint density at radius 1 is 1.14 bits per heavy atom. The molecule has 0 unspecified atom stereocenters. The van der Waals surface area contributed by atoms with Gasteiger partial charge in [-0.1, -0.05) is 0 Å². The fourth-order valence-electron chi connectivity index (χ4n) is 5.66. The molecule has 2 aromatic rings. The number of aliphatic hydroxyl groups is 1. The average molecular weight is 517 g/mol. The van der Waals surface area contributed by atoms with Gasteiger partial charge in [0.25, 0.3) is 0 Å². The van der Waals surface area contributed by atoms with Gasteiger partial charge in [-0.2, -0.15) is 0 Å². The first-order chi connectivity index (χ1) is 17.7. The summed E-state index contributed by atoms with van der Waals surface area (Å²) >= 11 is 0. The lowest BCUT2D eigenvalue weighted by molar-refractivity contribution is -0.151. The molecule has 3 aliphatic rings. The van der Waals surface area contributed by atoms with Crippen LogP contribution in [0.25, 0.3) is 0 Å². The summed E-state index contributed by atoms with van der Waals surface area (Å²) in [5.74, 6) is 1.48. The molecule has 200 valence electrons. The summed E-state index contributed by atoms with van der Waals surface area (Å²) in [6.07, 6.45) is 7.23. The van der Waals surface area contributed by atoms with Crippen LogP contribution in [0, 0.1) is 29.4 Å². The first-order valence-electron chi connectivity index (χ1n) is 12.9. The molecule has 10 heteroatoms. The predicted octanol–water partition coefficient (Wildman–Crippen LogP) is 3.22. The Kier molecular flexibility index (Phi) is 7.20. The van der Waals surface area contributed by atoms with Gasteiger partial charge in [0.15, 0.2) is 5.75 Å². The number of likely N-dealkylation sites (tertiary alicyclic amines) is 1. The highest BCUT2D eigenvalue weighted by Gasteiger charge is 2.43. The number of methoxy groups -OCH3 is 1. The van der Waals surface area contributed by atoms with Crippen molar-refractivity contribution in [3.63, 3.8) is 0 Å². The number of benzene rings is 1. The molecule has 0 spiro atoms. The molecule has 1 saturated carbocycles. The molecule has 2 atom stereocenters. The van der Waals surface area contributed by atoms with E-state index in [0.29, 0.717) is 30.1 Å². The van der Waals surface area contributed by atoms with Crippen molar-refractivity contribution in [1.29, 1.82) is 0 Å². The zero-order chi connectivity index (χ0) is 26.2. The van der Waals surface area contributed by atoms with Gasteiger partial charge >= 0.3 is 0 Å². The summed E-state index contributed by atoms with van der Waals surface area (Å²) in [4.78, 5) is 24.6. The number of amides is 1. The molecule has 5 rings (SSSR count). The fourth-order valence-corrected chi connectivity index (χ4v) is 5.66. The average Bonchev–Trinajstić information content (AvgIpc) is 3.64. The maximum absolute atomic E-state index is 14.5. The molecule has 2 saturated heterocycles. The smallest absolute Gasteiger partial charge is 0.227 e. The van der Waals surface area contributed by atoms with E-state index in [4.69, 9.17) is 9.47 Å². The highest BCUT2D eigenvalue weighted by atomic mass is 19.1. The van der Waals surface area contributed by atoms with Crippen LogP contribution in [0.2, 0.25) is 0 Å². The van der Waals surface area contributed by atoms with E-state index >= 15 is 0 Å². The van der Waals surface area contributed by atoms with Crippen LogP contribution in [0.4, 0.5) is 14.7 Å². The van der Waals surface area contributed by atoms with Crippen LogP contribution in [0.5, 0.6) is 11.5 Å². The molecule has 0 bridgehead atoms. The second-order valence-electron chi connectivity index (χ2n) is 10.8. The molecule has 8 nitrogen and oxygen atoms in total. The number of rotatable bonds is 9. The van der Waals surface area contributed by atoms with Gasteiger partial charge in [-0.3, -0.25) is 4.79 Å². The van der Waals surface area contributed by atoms with Crippen molar-refractivity contribution in [2.24, 2.45) is 17.8 Å². The van der Waals surface area contributed by atoms with Crippen molar-refractivity contribution in [1.82, 2.24) is 14.9 Å². The van der Waals surface area contributed by atoms with Crippen molar-refractivity contribution in [2.45, 2.75) is 44.6 Å². The summed E-state index contributed by atoms with van der Waals surface area (Å²) in [6, 6.07) is 2.30. The second kappa shape index (κ2) is 10.4. The Hall–Kier alpha value is -3.01. The van der Waals surface area contributed by atoms with Crippen molar-refractivity contribution in [3.8, 4) is 11.5 Å². The van der Waals surface area contributed by atoms with Gasteiger partial charge in [0, 0.05) is 30.8 Å². The minimum Gasteiger partial charge on any atom is -0.494 e.